The Morgan fingerprint density at radius 1 is 1.22 bits per heavy atom. The quantitative estimate of drug-likeness (QED) is 0.800. The van der Waals surface area contributed by atoms with E-state index in [2.05, 4.69) is 20.4 Å². The van der Waals surface area contributed by atoms with Crippen molar-refractivity contribution in [3.8, 4) is 5.88 Å². The van der Waals surface area contributed by atoms with Gasteiger partial charge in [0.1, 0.15) is 0 Å². The highest BCUT2D eigenvalue weighted by Crippen LogP contribution is 2.24. The van der Waals surface area contributed by atoms with Crippen molar-refractivity contribution in [3.63, 3.8) is 0 Å². The van der Waals surface area contributed by atoms with Crippen LogP contribution >= 0.6 is 12.4 Å². The molecule has 1 aliphatic heterocycles. The van der Waals surface area contributed by atoms with Gasteiger partial charge in [-0.15, -0.1) is 12.4 Å². The fraction of sp³-hybridized carbons (Fsp3) is 0.333. The number of anilines is 1. The number of pyridine rings is 1. The molecule has 0 saturated carbocycles. The van der Waals surface area contributed by atoms with Crippen molar-refractivity contribution in [2.24, 2.45) is 0 Å². The van der Waals surface area contributed by atoms with Crippen molar-refractivity contribution in [2.45, 2.75) is 18.5 Å². The van der Waals surface area contributed by atoms with Gasteiger partial charge in [-0.05, 0) is 42.6 Å². The average Bonchev–Trinajstić information content (AvgIpc) is 3.15. The number of rotatable bonds is 5. The molecule has 1 fully saturated rings. The number of carbonyl (C=O) groups is 1. The molecule has 3 rings (SSSR count). The molecule has 2 heterocycles. The Kier molecular flexibility index (Phi) is 7.04. The lowest BCUT2D eigenvalue weighted by Gasteiger charge is -2.11. The number of hydrogen-bond donors (Lipinski definition) is 2. The third kappa shape index (κ3) is 6.11. The zero-order valence-electron chi connectivity index (χ0n) is 14.3. The van der Waals surface area contributed by atoms with Crippen molar-refractivity contribution < 1.29 is 22.7 Å². The van der Waals surface area contributed by atoms with Crippen LogP contribution in [0, 0.1) is 0 Å². The van der Waals surface area contributed by atoms with E-state index in [1.807, 2.05) is 24.3 Å². The molecule has 27 heavy (non-hydrogen) atoms. The fourth-order valence-electron chi connectivity index (χ4n) is 2.74. The van der Waals surface area contributed by atoms with Gasteiger partial charge in [-0.25, -0.2) is 4.98 Å². The number of carbonyl (C=O) groups excluding carboxylic acids is 1. The molecule has 0 radical (unpaired) electrons. The van der Waals surface area contributed by atoms with Gasteiger partial charge in [0, 0.05) is 24.5 Å². The Balaban J connectivity index is 0.00000261. The molecule has 0 aliphatic carbocycles. The van der Waals surface area contributed by atoms with Gasteiger partial charge >= 0.3 is 6.18 Å². The molecule has 1 atom stereocenters. The number of alkyl halides is 3. The van der Waals surface area contributed by atoms with E-state index in [0.29, 0.717) is 11.6 Å². The summed E-state index contributed by atoms with van der Waals surface area (Å²) in [5, 5.41) is 6.05. The van der Waals surface area contributed by atoms with E-state index in [-0.39, 0.29) is 23.9 Å². The maximum absolute atomic E-state index is 12.2. The van der Waals surface area contributed by atoms with E-state index in [0.717, 1.165) is 19.5 Å². The van der Waals surface area contributed by atoms with Gasteiger partial charge in [0.2, 0.25) is 5.88 Å². The van der Waals surface area contributed by atoms with Gasteiger partial charge in [0.15, 0.2) is 6.61 Å². The zero-order chi connectivity index (χ0) is 18.6. The summed E-state index contributed by atoms with van der Waals surface area (Å²) in [4.78, 5) is 15.9. The van der Waals surface area contributed by atoms with Crippen LogP contribution in [-0.2, 0) is 0 Å². The van der Waals surface area contributed by atoms with Crippen LogP contribution < -0.4 is 15.4 Å². The molecule has 9 heteroatoms. The van der Waals surface area contributed by atoms with E-state index in [4.69, 9.17) is 0 Å². The number of halogens is 4. The van der Waals surface area contributed by atoms with Crippen LogP contribution in [0.1, 0.15) is 28.3 Å². The summed E-state index contributed by atoms with van der Waals surface area (Å²) in [5.41, 5.74) is 2.09. The Hall–Kier alpha value is -2.32. The van der Waals surface area contributed by atoms with E-state index in [1.54, 1.807) is 0 Å². The van der Waals surface area contributed by atoms with Gasteiger partial charge < -0.3 is 15.4 Å². The second-order valence-corrected chi connectivity index (χ2v) is 6.05. The van der Waals surface area contributed by atoms with Crippen molar-refractivity contribution in [3.05, 3.63) is 53.7 Å². The van der Waals surface area contributed by atoms with Crippen molar-refractivity contribution >= 4 is 24.0 Å². The first-order valence-electron chi connectivity index (χ1n) is 8.18. The van der Waals surface area contributed by atoms with Crippen LogP contribution in [0.3, 0.4) is 0 Å². The Morgan fingerprint density at radius 2 is 1.96 bits per heavy atom. The second-order valence-electron chi connectivity index (χ2n) is 6.05. The number of hydrogen-bond acceptors (Lipinski definition) is 4. The molecule has 1 aliphatic rings. The highest BCUT2D eigenvalue weighted by molar-refractivity contribution is 6.04. The lowest BCUT2D eigenvalue weighted by Crippen LogP contribution is -2.19. The Bertz CT molecular complexity index is 746. The molecule has 2 aromatic rings. The molecular formula is C18H19ClF3N3O2. The number of benzene rings is 1. The SMILES string of the molecule is Cl.O=C(Nc1ccc(C2CCNC2)cc1)c1ccc(OCC(F)(F)F)nc1. The summed E-state index contributed by atoms with van der Waals surface area (Å²) >= 11 is 0. The highest BCUT2D eigenvalue weighted by atomic mass is 35.5. The minimum atomic E-state index is -4.43. The fourth-order valence-corrected chi connectivity index (χ4v) is 2.74. The first kappa shape index (κ1) is 21.0. The predicted octanol–water partition coefficient (Wildman–Crippen LogP) is 3.77. The molecule has 1 amide bonds. The summed E-state index contributed by atoms with van der Waals surface area (Å²) in [6, 6.07) is 10.2. The molecular weight excluding hydrogens is 383 g/mol. The van der Waals surface area contributed by atoms with Crippen LogP contribution in [-0.4, -0.2) is 36.8 Å². The van der Waals surface area contributed by atoms with Crippen LogP contribution in [0.25, 0.3) is 0 Å². The van der Waals surface area contributed by atoms with Crippen molar-refractivity contribution in [2.75, 3.05) is 25.0 Å². The summed E-state index contributed by atoms with van der Waals surface area (Å²) in [6.45, 7) is 0.549. The van der Waals surface area contributed by atoms with Gasteiger partial charge in [-0.1, -0.05) is 12.1 Å². The summed E-state index contributed by atoms with van der Waals surface area (Å²) in [7, 11) is 0. The summed E-state index contributed by atoms with van der Waals surface area (Å²) in [5.74, 6) is -0.0863. The first-order valence-corrected chi connectivity index (χ1v) is 8.18. The molecule has 1 aromatic heterocycles. The summed E-state index contributed by atoms with van der Waals surface area (Å²) < 4.78 is 40.8. The number of nitrogens with one attached hydrogen (secondary N) is 2. The van der Waals surface area contributed by atoms with E-state index >= 15 is 0 Å². The Labute approximate surface area is 160 Å². The van der Waals surface area contributed by atoms with Gasteiger partial charge in [-0.3, -0.25) is 4.79 Å². The number of amides is 1. The van der Waals surface area contributed by atoms with E-state index < -0.39 is 18.7 Å². The van der Waals surface area contributed by atoms with E-state index in [9.17, 15) is 18.0 Å². The first-order chi connectivity index (χ1) is 12.4. The number of aromatic nitrogens is 1. The maximum atomic E-state index is 12.2. The average molecular weight is 402 g/mol. The van der Waals surface area contributed by atoms with Crippen molar-refractivity contribution in [1.29, 1.82) is 0 Å². The van der Waals surface area contributed by atoms with Gasteiger partial charge in [0.25, 0.3) is 5.91 Å². The van der Waals surface area contributed by atoms with Crippen LogP contribution in [0.15, 0.2) is 42.6 Å². The number of ether oxygens (including phenoxy) is 1. The lowest BCUT2D eigenvalue weighted by atomic mass is 9.98. The third-order valence-electron chi connectivity index (χ3n) is 4.08. The largest absolute Gasteiger partial charge is 0.468 e. The molecule has 0 bridgehead atoms. The van der Waals surface area contributed by atoms with Crippen LogP contribution in [0.4, 0.5) is 18.9 Å². The lowest BCUT2D eigenvalue weighted by molar-refractivity contribution is -0.154. The smallest absolute Gasteiger partial charge is 0.422 e. The molecule has 2 N–H and O–H groups in total. The molecule has 1 saturated heterocycles. The summed E-state index contributed by atoms with van der Waals surface area (Å²) in [6.07, 6.45) is -2.15. The minimum absolute atomic E-state index is 0. The van der Waals surface area contributed by atoms with E-state index in [1.165, 1.54) is 23.9 Å². The van der Waals surface area contributed by atoms with Crippen LogP contribution in [0.2, 0.25) is 0 Å². The third-order valence-corrected chi connectivity index (χ3v) is 4.08. The minimum Gasteiger partial charge on any atom is -0.468 e. The predicted molar refractivity (Wildman–Crippen MR) is 97.7 cm³/mol. The van der Waals surface area contributed by atoms with Gasteiger partial charge in [0.05, 0.1) is 5.56 Å². The molecule has 5 nitrogen and oxygen atoms in total. The molecule has 0 spiro atoms. The topological polar surface area (TPSA) is 63.2 Å². The monoisotopic (exact) mass is 401 g/mol. The highest BCUT2D eigenvalue weighted by Gasteiger charge is 2.28. The standard InChI is InChI=1S/C18H18F3N3O2.ClH/c19-18(20,21)11-26-16-6-3-14(10-23-16)17(25)24-15-4-1-12(2-5-15)13-7-8-22-9-13;/h1-6,10,13,22H,7-9,11H2,(H,24,25);1H. The van der Waals surface area contributed by atoms with Crippen molar-refractivity contribution in [1.82, 2.24) is 10.3 Å². The molecule has 1 aromatic carbocycles. The Morgan fingerprint density at radius 3 is 2.52 bits per heavy atom. The zero-order valence-corrected chi connectivity index (χ0v) is 15.1. The normalized spacial score (nSPS) is 16.5. The van der Waals surface area contributed by atoms with Crippen LogP contribution in [0.5, 0.6) is 5.88 Å². The number of nitrogens with zero attached hydrogens (tertiary/aromatic N) is 1. The molecule has 146 valence electrons. The second kappa shape index (κ2) is 9.05. The van der Waals surface area contributed by atoms with Gasteiger partial charge in [-0.2, -0.15) is 13.2 Å². The molecule has 1 unspecified atom stereocenters. The maximum Gasteiger partial charge on any atom is 0.422 e.